The molecule has 156 valence electrons. The number of aryl methyl sites for hydroxylation is 1. The molecule has 1 N–H and O–H groups in total. The molecule has 0 unspecified atom stereocenters. The maximum absolute atomic E-state index is 13.4. The van der Waals surface area contributed by atoms with E-state index in [0.29, 0.717) is 22.6 Å². The number of methoxy groups -OCH3 is 1. The highest BCUT2D eigenvalue weighted by atomic mass is 16.5. The van der Waals surface area contributed by atoms with E-state index in [2.05, 4.69) is 5.32 Å². The molecular formula is C25H22N2O4. The molecule has 6 heteroatoms. The number of hydrogen-bond donors (Lipinski definition) is 1. The minimum absolute atomic E-state index is 0.201. The van der Waals surface area contributed by atoms with Crippen molar-refractivity contribution in [3.05, 3.63) is 95.1 Å². The summed E-state index contributed by atoms with van der Waals surface area (Å²) in [7, 11) is 1.52. The molecule has 0 aromatic heterocycles. The van der Waals surface area contributed by atoms with Gasteiger partial charge in [0.1, 0.15) is 11.8 Å². The van der Waals surface area contributed by atoms with Crippen molar-refractivity contribution in [2.24, 2.45) is 0 Å². The second-order valence-electron chi connectivity index (χ2n) is 7.42. The van der Waals surface area contributed by atoms with Crippen molar-refractivity contribution < 1.29 is 19.1 Å². The fourth-order valence-electron chi connectivity index (χ4n) is 3.77. The topological polar surface area (TPSA) is 75.7 Å². The molecular weight excluding hydrogens is 392 g/mol. The fourth-order valence-corrected chi connectivity index (χ4v) is 3.77. The lowest BCUT2D eigenvalue weighted by molar-refractivity contribution is -0.119. The molecule has 3 aromatic rings. The van der Waals surface area contributed by atoms with Crippen LogP contribution < -0.4 is 10.1 Å². The number of carbonyl (C=O) groups is 3. The summed E-state index contributed by atoms with van der Waals surface area (Å²) in [6, 6.07) is 20.4. The summed E-state index contributed by atoms with van der Waals surface area (Å²) in [5.74, 6) is -0.886. The Hall–Kier alpha value is -3.93. The van der Waals surface area contributed by atoms with Crippen molar-refractivity contribution in [2.75, 3.05) is 12.4 Å². The Labute approximate surface area is 180 Å². The van der Waals surface area contributed by atoms with Gasteiger partial charge in [-0.3, -0.25) is 19.3 Å². The van der Waals surface area contributed by atoms with Crippen LogP contribution in [0.4, 0.5) is 5.69 Å². The van der Waals surface area contributed by atoms with Crippen LogP contribution in [0.15, 0.2) is 72.8 Å². The Bertz CT molecular complexity index is 1120. The van der Waals surface area contributed by atoms with Crippen LogP contribution in [0.25, 0.3) is 0 Å². The van der Waals surface area contributed by atoms with Gasteiger partial charge in [0.15, 0.2) is 0 Å². The molecule has 4 rings (SSSR count). The Balaban J connectivity index is 1.70. The number of anilines is 1. The van der Waals surface area contributed by atoms with E-state index < -0.39 is 23.8 Å². The second kappa shape index (κ2) is 8.44. The molecule has 0 aliphatic carbocycles. The monoisotopic (exact) mass is 414 g/mol. The molecule has 6 nitrogen and oxygen atoms in total. The molecule has 0 fully saturated rings. The summed E-state index contributed by atoms with van der Waals surface area (Å²) in [5, 5.41) is 2.86. The van der Waals surface area contributed by atoms with Crippen LogP contribution in [0.1, 0.15) is 31.8 Å². The van der Waals surface area contributed by atoms with E-state index in [-0.39, 0.29) is 6.42 Å². The van der Waals surface area contributed by atoms with Crippen LogP contribution in [-0.2, 0) is 11.2 Å². The van der Waals surface area contributed by atoms with Crippen molar-refractivity contribution in [1.29, 1.82) is 0 Å². The predicted octanol–water partition coefficient (Wildman–Crippen LogP) is 3.85. The highest BCUT2D eigenvalue weighted by molar-refractivity contribution is 6.23. The molecule has 3 aromatic carbocycles. The zero-order valence-electron chi connectivity index (χ0n) is 17.3. The number of nitrogens with zero attached hydrogens (tertiary/aromatic N) is 1. The molecule has 0 spiro atoms. The number of rotatable bonds is 6. The molecule has 1 atom stereocenters. The molecule has 1 aliphatic rings. The summed E-state index contributed by atoms with van der Waals surface area (Å²) in [6.45, 7) is 1.90. The van der Waals surface area contributed by atoms with Gasteiger partial charge in [-0.2, -0.15) is 0 Å². The maximum Gasteiger partial charge on any atom is 0.262 e. The number of imide groups is 1. The van der Waals surface area contributed by atoms with E-state index in [1.807, 2.05) is 43.3 Å². The first-order chi connectivity index (χ1) is 15.0. The Morgan fingerprint density at radius 1 is 0.935 bits per heavy atom. The van der Waals surface area contributed by atoms with Crippen molar-refractivity contribution in [2.45, 2.75) is 19.4 Å². The van der Waals surface area contributed by atoms with Crippen molar-refractivity contribution in [3.63, 3.8) is 0 Å². The number of fused-ring (bicyclic) bond motifs is 1. The van der Waals surface area contributed by atoms with Crippen LogP contribution in [0, 0.1) is 6.92 Å². The third-order valence-corrected chi connectivity index (χ3v) is 5.32. The number of amides is 3. The molecule has 0 radical (unpaired) electrons. The molecule has 0 bridgehead atoms. The van der Waals surface area contributed by atoms with Crippen LogP contribution >= 0.6 is 0 Å². The normalized spacial score (nSPS) is 13.7. The third kappa shape index (κ3) is 3.92. The Kier molecular flexibility index (Phi) is 5.54. The largest absolute Gasteiger partial charge is 0.495 e. The quantitative estimate of drug-likeness (QED) is 0.622. The summed E-state index contributed by atoms with van der Waals surface area (Å²) in [6.07, 6.45) is 0.201. The van der Waals surface area contributed by atoms with E-state index >= 15 is 0 Å². The lowest BCUT2D eigenvalue weighted by atomic mass is 10.0. The van der Waals surface area contributed by atoms with Crippen molar-refractivity contribution in [1.82, 2.24) is 4.90 Å². The highest BCUT2D eigenvalue weighted by Gasteiger charge is 2.42. The fraction of sp³-hybridized carbons (Fsp3) is 0.160. The van der Waals surface area contributed by atoms with E-state index in [9.17, 15) is 14.4 Å². The van der Waals surface area contributed by atoms with E-state index in [1.54, 1.807) is 36.4 Å². The van der Waals surface area contributed by atoms with Gasteiger partial charge < -0.3 is 10.1 Å². The Morgan fingerprint density at radius 3 is 2.16 bits per heavy atom. The molecule has 31 heavy (non-hydrogen) atoms. The van der Waals surface area contributed by atoms with Gasteiger partial charge in [0.25, 0.3) is 11.8 Å². The highest BCUT2D eigenvalue weighted by Crippen LogP contribution is 2.29. The van der Waals surface area contributed by atoms with Crippen LogP contribution in [-0.4, -0.2) is 35.8 Å². The van der Waals surface area contributed by atoms with E-state index in [0.717, 1.165) is 16.0 Å². The number of nitrogens with one attached hydrogen (secondary N) is 1. The van der Waals surface area contributed by atoms with Gasteiger partial charge in [-0.05, 0) is 42.3 Å². The van der Waals surface area contributed by atoms with Gasteiger partial charge in [-0.1, -0.05) is 48.5 Å². The molecule has 1 aliphatic heterocycles. The first-order valence-electron chi connectivity index (χ1n) is 9.96. The minimum atomic E-state index is -1.01. The van der Waals surface area contributed by atoms with Crippen LogP contribution in [0.2, 0.25) is 0 Å². The van der Waals surface area contributed by atoms with Gasteiger partial charge in [-0.25, -0.2) is 0 Å². The van der Waals surface area contributed by atoms with Gasteiger partial charge in [0.05, 0.1) is 23.9 Å². The van der Waals surface area contributed by atoms with Gasteiger partial charge in [0, 0.05) is 6.42 Å². The summed E-state index contributed by atoms with van der Waals surface area (Å²) in [5.41, 5.74) is 2.90. The Morgan fingerprint density at radius 2 is 1.55 bits per heavy atom. The standard InChI is InChI=1S/C25H22N2O4/c1-16-12-13-22(31-2)20(14-16)26-23(28)21(15-17-8-4-3-5-9-17)27-24(29)18-10-6-7-11-19(18)25(27)30/h3-14,21H,15H2,1-2H3,(H,26,28)/t21-/m1/s1. The lowest BCUT2D eigenvalue weighted by Crippen LogP contribution is -2.48. The number of carbonyl (C=O) groups excluding carboxylic acids is 3. The van der Waals surface area contributed by atoms with Crippen molar-refractivity contribution >= 4 is 23.4 Å². The third-order valence-electron chi connectivity index (χ3n) is 5.32. The van der Waals surface area contributed by atoms with Gasteiger partial charge in [0.2, 0.25) is 5.91 Å². The van der Waals surface area contributed by atoms with Gasteiger partial charge in [-0.15, -0.1) is 0 Å². The number of hydrogen-bond acceptors (Lipinski definition) is 4. The van der Waals surface area contributed by atoms with Crippen LogP contribution in [0.3, 0.4) is 0 Å². The van der Waals surface area contributed by atoms with Crippen molar-refractivity contribution in [3.8, 4) is 5.75 Å². The average Bonchev–Trinajstić information content (AvgIpc) is 3.03. The van der Waals surface area contributed by atoms with E-state index in [4.69, 9.17) is 4.74 Å². The first kappa shape index (κ1) is 20.3. The van der Waals surface area contributed by atoms with E-state index in [1.165, 1.54) is 7.11 Å². The summed E-state index contributed by atoms with van der Waals surface area (Å²) in [4.78, 5) is 40.6. The number of benzene rings is 3. The first-order valence-corrected chi connectivity index (χ1v) is 9.96. The summed E-state index contributed by atoms with van der Waals surface area (Å²) < 4.78 is 5.36. The zero-order valence-corrected chi connectivity index (χ0v) is 17.3. The van der Waals surface area contributed by atoms with Crippen LogP contribution in [0.5, 0.6) is 5.75 Å². The summed E-state index contributed by atoms with van der Waals surface area (Å²) >= 11 is 0. The average molecular weight is 414 g/mol. The maximum atomic E-state index is 13.4. The van der Waals surface area contributed by atoms with Gasteiger partial charge >= 0.3 is 0 Å². The zero-order chi connectivity index (χ0) is 22.0. The second-order valence-corrected chi connectivity index (χ2v) is 7.42. The lowest BCUT2D eigenvalue weighted by Gasteiger charge is -2.26. The predicted molar refractivity (Wildman–Crippen MR) is 117 cm³/mol. The SMILES string of the molecule is COc1ccc(C)cc1NC(=O)[C@@H](Cc1ccccc1)N1C(=O)c2ccccc2C1=O. The molecule has 0 saturated heterocycles. The smallest absolute Gasteiger partial charge is 0.262 e. The molecule has 0 saturated carbocycles. The molecule has 3 amide bonds. The minimum Gasteiger partial charge on any atom is -0.495 e. The number of ether oxygens (including phenoxy) is 1. The molecule has 1 heterocycles.